The van der Waals surface area contributed by atoms with E-state index in [1.807, 2.05) is 0 Å². The lowest BCUT2D eigenvalue weighted by Crippen LogP contribution is -2.12. The van der Waals surface area contributed by atoms with Gasteiger partial charge in [0.1, 0.15) is 0 Å². The van der Waals surface area contributed by atoms with Crippen LogP contribution in [0.3, 0.4) is 0 Å². The molecule has 0 amide bonds. The fraction of sp³-hybridized carbons (Fsp3) is 0.286. The number of hydrogen-bond acceptors (Lipinski definition) is 4. The van der Waals surface area contributed by atoms with Gasteiger partial charge in [-0.25, -0.2) is 9.18 Å². The van der Waals surface area contributed by atoms with E-state index in [0.29, 0.717) is 0 Å². The summed E-state index contributed by atoms with van der Waals surface area (Å²) < 4.78 is 46.9. The molecule has 1 aromatic rings. The fourth-order valence-corrected chi connectivity index (χ4v) is 2.16. The maximum absolute atomic E-state index is 13.9. The first-order chi connectivity index (χ1) is 10.7. The molecule has 1 aromatic carbocycles. The van der Waals surface area contributed by atoms with E-state index in [4.69, 9.17) is 16.7 Å². The Balaban J connectivity index is 3.36. The van der Waals surface area contributed by atoms with Gasteiger partial charge in [0.25, 0.3) is 0 Å². The van der Waals surface area contributed by atoms with Crippen LogP contribution in [-0.2, 0) is 27.2 Å². The van der Waals surface area contributed by atoms with Crippen molar-refractivity contribution in [2.75, 3.05) is 7.11 Å². The Hall–Kier alpha value is -2.22. The first-order valence-electron chi connectivity index (χ1n) is 6.09. The number of esters is 1. The average Bonchev–Trinajstić information content (AvgIpc) is 2.46. The molecule has 0 aliphatic rings. The minimum absolute atomic E-state index is 0.00640. The van der Waals surface area contributed by atoms with Crippen molar-refractivity contribution in [3.63, 3.8) is 0 Å². The van der Waals surface area contributed by atoms with Gasteiger partial charge < -0.3 is 14.6 Å². The Morgan fingerprint density at radius 2 is 2.00 bits per heavy atom. The van der Waals surface area contributed by atoms with Crippen LogP contribution in [0.1, 0.15) is 11.1 Å². The van der Waals surface area contributed by atoms with Crippen molar-refractivity contribution < 1.29 is 37.3 Å². The molecule has 0 heterocycles. The summed E-state index contributed by atoms with van der Waals surface area (Å²) in [5.74, 6) is -4.27. The lowest BCUT2D eigenvalue weighted by atomic mass is 9.97. The van der Waals surface area contributed by atoms with Gasteiger partial charge in [0.2, 0.25) is 0 Å². The average molecular weight is 353 g/mol. The molecule has 0 aromatic heterocycles. The molecular formula is C14H12ClF3O5. The van der Waals surface area contributed by atoms with Crippen molar-refractivity contribution in [3.05, 3.63) is 40.2 Å². The summed E-state index contributed by atoms with van der Waals surface area (Å²) in [4.78, 5) is 22.3. The van der Waals surface area contributed by atoms with Crippen molar-refractivity contribution in [3.8, 4) is 5.75 Å². The highest BCUT2D eigenvalue weighted by molar-refractivity contribution is 6.33. The van der Waals surface area contributed by atoms with Crippen LogP contribution < -0.4 is 4.74 Å². The molecule has 0 aliphatic carbocycles. The molecule has 0 bridgehead atoms. The number of carboxylic acid groups (broad SMARTS) is 1. The summed E-state index contributed by atoms with van der Waals surface area (Å²) in [7, 11) is 1.11. The molecule has 0 saturated carbocycles. The molecule has 0 fully saturated rings. The number of aliphatic carboxylic acids is 1. The first-order valence-corrected chi connectivity index (χ1v) is 6.47. The monoisotopic (exact) mass is 352 g/mol. The van der Waals surface area contributed by atoms with Crippen LogP contribution in [0.15, 0.2) is 18.2 Å². The Labute approximate surface area is 134 Å². The molecule has 1 N–H and O–H groups in total. The van der Waals surface area contributed by atoms with E-state index in [1.165, 1.54) is 0 Å². The van der Waals surface area contributed by atoms with E-state index in [-0.39, 0.29) is 23.1 Å². The number of carboxylic acids is 1. The number of ether oxygens (including phenoxy) is 2. The van der Waals surface area contributed by atoms with Crippen LogP contribution >= 0.6 is 11.6 Å². The van der Waals surface area contributed by atoms with Crippen LogP contribution in [-0.4, -0.2) is 30.8 Å². The normalized spacial score (nSPS) is 10.5. The summed E-state index contributed by atoms with van der Waals surface area (Å²) in [6, 6.07) is 0.774. The van der Waals surface area contributed by atoms with Gasteiger partial charge in [-0.05, 0) is 17.2 Å². The molecule has 9 heteroatoms. The minimum atomic E-state index is -3.34. The maximum atomic E-state index is 13.9. The number of carbonyl (C=O) groups is 2. The van der Waals surface area contributed by atoms with Gasteiger partial charge in [0, 0.05) is 12.0 Å². The molecule has 0 atom stereocenters. The van der Waals surface area contributed by atoms with E-state index in [2.05, 4.69) is 16.1 Å². The third kappa shape index (κ3) is 4.88. The molecule has 23 heavy (non-hydrogen) atoms. The topological polar surface area (TPSA) is 72.8 Å². The summed E-state index contributed by atoms with van der Waals surface area (Å²) in [6.07, 6.45) is -0.941. The summed E-state index contributed by atoms with van der Waals surface area (Å²) >= 11 is 5.80. The lowest BCUT2D eigenvalue weighted by Gasteiger charge is -2.15. The highest BCUT2D eigenvalue weighted by atomic mass is 35.5. The van der Waals surface area contributed by atoms with Gasteiger partial charge in [0.05, 0.1) is 18.6 Å². The Bertz CT molecular complexity index is 646. The number of rotatable bonds is 7. The Kier molecular flexibility index (Phi) is 6.44. The quantitative estimate of drug-likeness (QED) is 0.603. The predicted octanol–water partition coefficient (Wildman–Crippen LogP) is 2.98. The molecule has 0 radical (unpaired) electrons. The zero-order chi connectivity index (χ0) is 17.7. The SMILES string of the molecule is C=C(Cc1cc(F)c(OC(F)F)c(Cl)c1CC(=O)O)C(=O)OC. The van der Waals surface area contributed by atoms with Crippen LogP contribution in [0.2, 0.25) is 5.02 Å². The fourth-order valence-electron chi connectivity index (χ4n) is 1.83. The van der Waals surface area contributed by atoms with Crippen LogP contribution in [0.25, 0.3) is 0 Å². The molecule has 0 saturated heterocycles. The Morgan fingerprint density at radius 3 is 2.48 bits per heavy atom. The molecule has 0 spiro atoms. The summed E-state index contributed by atoms with van der Waals surface area (Å²) in [5, 5.41) is 8.30. The predicted molar refractivity (Wildman–Crippen MR) is 74.2 cm³/mol. The number of benzene rings is 1. The van der Waals surface area contributed by atoms with Crippen molar-refractivity contribution in [2.24, 2.45) is 0 Å². The van der Waals surface area contributed by atoms with Gasteiger partial charge in [0.15, 0.2) is 11.6 Å². The number of hydrogen-bond donors (Lipinski definition) is 1. The van der Waals surface area contributed by atoms with Gasteiger partial charge in [-0.15, -0.1) is 0 Å². The lowest BCUT2D eigenvalue weighted by molar-refractivity contribution is -0.137. The second-order valence-electron chi connectivity index (χ2n) is 4.36. The smallest absolute Gasteiger partial charge is 0.387 e. The third-order valence-corrected chi connectivity index (χ3v) is 3.18. The van der Waals surface area contributed by atoms with E-state index in [0.717, 1.165) is 13.2 Å². The van der Waals surface area contributed by atoms with Crippen molar-refractivity contribution in [2.45, 2.75) is 19.5 Å². The molecule has 1 rings (SSSR count). The van der Waals surface area contributed by atoms with Crippen molar-refractivity contribution in [1.82, 2.24) is 0 Å². The zero-order valence-electron chi connectivity index (χ0n) is 11.9. The van der Waals surface area contributed by atoms with Crippen molar-refractivity contribution in [1.29, 1.82) is 0 Å². The van der Waals surface area contributed by atoms with Gasteiger partial charge in [-0.1, -0.05) is 18.2 Å². The summed E-state index contributed by atoms with van der Waals surface area (Å²) in [5.41, 5.74) is -0.231. The number of halogens is 4. The maximum Gasteiger partial charge on any atom is 0.387 e. The highest BCUT2D eigenvalue weighted by Crippen LogP contribution is 2.36. The molecular weight excluding hydrogens is 341 g/mol. The largest absolute Gasteiger partial charge is 0.481 e. The number of carbonyl (C=O) groups excluding carboxylic acids is 1. The van der Waals surface area contributed by atoms with Gasteiger partial charge in [-0.3, -0.25) is 4.79 Å². The first kappa shape index (κ1) is 18.8. The third-order valence-electron chi connectivity index (χ3n) is 2.78. The van der Waals surface area contributed by atoms with Crippen LogP contribution in [0, 0.1) is 5.82 Å². The second-order valence-corrected chi connectivity index (χ2v) is 4.74. The van der Waals surface area contributed by atoms with Crippen LogP contribution in [0.5, 0.6) is 5.75 Å². The van der Waals surface area contributed by atoms with E-state index >= 15 is 0 Å². The van der Waals surface area contributed by atoms with Crippen LogP contribution in [0.4, 0.5) is 13.2 Å². The molecule has 0 aliphatic heterocycles. The van der Waals surface area contributed by atoms with E-state index in [1.54, 1.807) is 0 Å². The number of methoxy groups -OCH3 is 1. The summed E-state index contributed by atoms with van der Waals surface area (Å²) in [6.45, 7) is 0.0950. The van der Waals surface area contributed by atoms with Gasteiger partial charge in [-0.2, -0.15) is 8.78 Å². The Morgan fingerprint density at radius 1 is 1.39 bits per heavy atom. The van der Waals surface area contributed by atoms with E-state index in [9.17, 15) is 22.8 Å². The van der Waals surface area contributed by atoms with E-state index < -0.39 is 41.6 Å². The standard InChI is InChI=1S/C14H12ClF3O5/c1-6(13(21)22-2)3-7-4-9(16)12(23-14(17)18)11(15)8(7)5-10(19)20/h4,14H,1,3,5H2,2H3,(H,19,20). The van der Waals surface area contributed by atoms with Gasteiger partial charge >= 0.3 is 18.6 Å². The number of alkyl halides is 2. The second kappa shape index (κ2) is 7.87. The highest BCUT2D eigenvalue weighted by Gasteiger charge is 2.23. The minimum Gasteiger partial charge on any atom is -0.481 e. The van der Waals surface area contributed by atoms with Crippen molar-refractivity contribution >= 4 is 23.5 Å². The molecule has 0 unspecified atom stereocenters. The zero-order valence-corrected chi connectivity index (χ0v) is 12.6. The molecule has 126 valence electrons. The molecule has 5 nitrogen and oxygen atoms in total.